The molecule has 0 spiro atoms. The molecule has 1 aliphatic heterocycles. The summed E-state index contributed by atoms with van der Waals surface area (Å²) in [5, 5.41) is 10.5. The molecule has 2 aliphatic rings. The number of nitrogens with zero attached hydrogens (tertiary/aromatic N) is 1. The first-order valence-electron chi connectivity index (χ1n) is 6.66. The van der Waals surface area contributed by atoms with E-state index in [1.54, 1.807) is 0 Å². The zero-order chi connectivity index (χ0) is 12.6. The molecule has 98 valence electrons. The van der Waals surface area contributed by atoms with E-state index < -0.39 is 5.60 Å². The topological polar surface area (TPSA) is 66.6 Å². The van der Waals surface area contributed by atoms with Gasteiger partial charge < -0.3 is 10.8 Å². The molecule has 0 aromatic rings. The molecule has 0 radical (unpaired) electrons. The molecule has 1 amide bonds. The third-order valence-electron chi connectivity index (χ3n) is 4.34. The number of nitrogens with two attached hydrogens (primary N) is 1. The van der Waals surface area contributed by atoms with Gasteiger partial charge in [-0.05, 0) is 45.4 Å². The summed E-state index contributed by atoms with van der Waals surface area (Å²) in [6, 6.07) is 0.938. The van der Waals surface area contributed by atoms with Gasteiger partial charge in [0, 0.05) is 18.6 Å². The van der Waals surface area contributed by atoms with Crippen molar-refractivity contribution < 1.29 is 9.90 Å². The Bertz CT molecular complexity index is 306. The van der Waals surface area contributed by atoms with Crippen LogP contribution in [0, 0.1) is 5.92 Å². The van der Waals surface area contributed by atoms with Crippen LogP contribution in [0.3, 0.4) is 0 Å². The molecule has 4 heteroatoms. The third-order valence-corrected chi connectivity index (χ3v) is 4.34. The van der Waals surface area contributed by atoms with E-state index in [4.69, 9.17) is 5.73 Å². The molecule has 1 heterocycles. The average molecular weight is 240 g/mol. The predicted molar refractivity (Wildman–Crippen MR) is 66.3 cm³/mol. The summed E-state index contributed by atoms with van der Waals surface area (Å²) >= 11 is 0. The van der Waals surface area contributed by atoms with E-state index in [1.807, 2.05) is 0 Å². The van der Waals surface area contributed by atoms with Crippen LogP contribution in [0.1, 0.15) is 46.0 Å². The summed E-state index contributed by atoms with van der Waals surface area (Å²) in [6.45, 7) is 5.54. The lowest BCUT2D eigenvalue weighted by molar-refractivity contribution is -0.124. The van der Waals surface area contributed by atoms with Crippen LogP contribution in [0.25, 0.3) is 0 Å². The van der Waals surface area contributed by atoms with Gasteiger partial charge in [0.15, 0.2) is 0 Å². The number of likely N-dealkylation sites (tertiary alicyclic amines) is 1. The molecule has 0 aromatic heterocycles. The van der Waals surface area contributed by atoms with Gasteiger partial charge in [-0.1, -0.05) is 0 Å². The third kappa shape index (κ3) is 2.80. The number of amides is 1. The maximum Gasteiger partial charge on any atom is 0.220 e. The molecule has 3 unspecified atom stereocenters. The molecule has 2 bridgehead atoms. The van der Waals surface area contributed by atoms with Crippen LogP contribution in [0.5, 0.6) is 0 Å². The van der Waals surface area contributed by atoms with Gasteiger partial charge in [-0.2, -0.15) is 0 Å². The van der Waals surface area contributed by atoms with Crippen LogP contribution >= 0.6 is 0 Å². The normalized spacial score (nSPS) is 38.4. The van der Waals surface area contributed by atoms with E-state index in [1.165, 1.54) is 6.42 Å². The highest BCUT2D eigenvalue weighted by Gasteiger charge is 2.43. The lowest BCUT2D eigenvalue weighted by Gasteiger charge is -2.36. The van der Waals surface area contributed by atoms with E-state index in [0.717, 1.165) is 19.4 Å². The Morgan fingerprint density at radius 1 is 1.59 bits per heavy atom. The Morgan fingerprint density at radius 2 is 2.29 bits per heavy atom. The highest BCUT2D eigenvalue weighted by Crippen LogP contribution is 2.40. The van der Waals surface area contributed by atoms with Gasteiger partial charge in [0.05, 0.1) is 12.0 Å². The number of fused-ring (bicyclic) bond motifs is 2. The Labute approximate surface area is 103 Å². The molecule has 2 fully saturated rings. The quantitative estimate of drug-likeness (QED) is 0.769. The van der Waals surface area contributed by atoms with Crippen molar-refractivity contribution >= 4 is 5.91 Å². The highest BCUT2D eigenvalue weighted by molar-refractivity contribution is 5.74. The Kier molecular flexibility index (Phi) is 3.46. The molecular formula is C13H24N2O2. The summed E-state index contributed by atoms with van der Waals surface area (Å²) in [6.07, 6.45) is 3.72. The second-order valence-electron chi connectivity index (χ2n) is 6.16. The molecule has 0 aromatic carbocycles. The number of primary amides is 1. The van der Waals surface area contributed by atoms with Gasteiger partial charge >= 0.3 is 0 Å². The molecule has 1 saturated carbocycles. The van der Waals surface area contributed by atoms with Gasteiger partial charge in [-0.3, -0.25) is 9.69 Å². The van der Waals surface area contributed by atoms with Crippen molar-refractivity contribution in [2.24, 2.45) is 11.7 Å². The molecule has 1 saturated heterocycles. The van der Waals surface area contributed by atoms with Crippen LogP contribution in [0.2, 0.25) is 0 Å². The van der Waals surface area contributed by atoms with Gasteiger partial charge in [0.25, 0.3) is 0 Å². The SMILES string of the molecule is CC(C)N1CC2CCC(O)(CC(N)=O)CC1C2. The minimum Gasteiger partial charge on any atom is -0.389 e. The van der Waals surface area contributed by atoms with Crippen molar-refractivity contribution in [2.75, 3.05) is 6.54 Å². The van der Waals surface area contributed by atoms with E-state index in [-0.39, 0.29) is 12.3 Å². The van der Waals surface area contributed by atoms with E-state index in [2.05, 4.69) is 18.7 Å². The predicted octanol–water partition coefficient (Wildman–Crippen LogP) is 0.876. The minimum absolute atomic E-state index is 0.113. The smallest absolute Gasteiger partial charge is 0.220 e. The first kappa shape index (κ1) is 12.8. The number of hydrogen-bond acceptors (Lipinski definition) is 3. The molecule has 3 atom stereocenters. The molecule has 4 nitrogen and oxygen atoms in total. The van der Waals surface area contributed by atoms with Crippen molar-refractivity contribution in [1.29, 1.82) is 0 Å². The number of carbonyl (C=O) groups is 1. The maximum atomic E-state index is 11.1. The summed E-state index contributed by atoms with van der Waals surface area (Å²) in [5.74, 6) is 0.297. The lowest BCUT2D eigenvalue weighted by atomic mass is 9.87. The fourth-order valence-corrected chi connectivity index (χ4v) is 3.58. The standard InChI is InChI=1S/C13H24N2O2/c1-9(2)15-8-10-3-4-13(17,7-12(14)16)6-11(15)5-10/h9-11,17H,3-8H2,1-2H3,(H2,14,16). The molecular weight excluding hydrogens is 216 g/mol. The number of aliphatic hydroxyl groups is 1. The van der Waals surface area contributed by atoms with Crippen molar-refractivity contribution in [3.63, 3.8) is 0 Å². The molecule has 17 heavy (non-hydrogen) atoms. The summed E-state index contributed by atoms with van der Waals surface area (Å²) < 4.78 is 0. The van der Waals surface area contributed by atoms with Crippen LogP contribution in [0.4, 0.5) is 0 Å². The highest BCUT2D eigenvalue weighted by atomic mass is 16.3. The van der Waals surface area contributed by atoms with Gasteiger partial charge in [0.1, 0.15) is 0 Å². The fraction of sp³-hybridized carbons (Fsp3) is 0.923. The van der Waals surface area contributed by atoms with Crippen molar-refractivity contribution in [1.82, 2.24) is 4.90 Å². The molecule has 2 rings (SSSR count). The van der Waals surface area contributed by atoms with E-state index in [0.29, 0.717) is 24.4 Å². The van der Waals surface area contributed by atoms with Gasteiger partial charge in [-0.25, -0.2) is 0 Å². The van der Waals surface area contributed by atoms with Crippen LogP contribution in [-0.2, 0) is 4.79 Å². The molecule has 1 aliphatic carbocycles. The number of carbonyl (C=O) groups excluding carboxylic acids is 1. The maximum absolute atomic E-state index is 11.1. The Morgan fingerprint density at radius 3 is 2.88 bits per heavy atom. The van der Waals surface area contributed by atoms with E-state index in [9.17, 15) is 9.90 Å². The van der Waals surface area contributed by atoms with Crippen molar-refractivity contribution in [3.8, 4) is 0 Å². The zero-order valence-corrected chi connectivity index (χ0v) is 10.9. The lowest BCUT2D eigenvalue weighted by Crippen LogP contribution is -2.44. The Balaban J connectivity index is 2.09. The largest absolute Gasteiger partial charge is 0.389 e. The number of hydrogen-bond donors (Lipinski definition) is 2. The van der Waals surface area contributed by atoms with Gasteiger partial charge in [0.2, 0.25) is 5.91 Å². The summed E-state index contributed by atoms with van der Waals surface area (Å²) in [5.41, 5.74) is 4.38. The van der Waals surface area contributed by atoms with Crippen molar-refractivity contribution in [2.45, 2.75) is 63.6 Å². The molecule has 3 N–H and O–H groups in total. The second kappa shape index (κ2) is 4.58. The minimum atomic E-state index is -0.862. The zero-order valence-electron chi connectivity index (χ0n) is 10.9. The first-order chi connectivity index (χ1) is 7.89. The van der Waals surface area contributed by atoms with Crippen molar-refractivity contribution in [3.05, 3.63) is 0 Å². The fourth-order valence-electron chi connectivity index (χ4n) is 3.58. The Hall–Kier alpha value is -0.610. The summed E-state index contributed by atoms with van der Waals surface area (Å²) in [7, 11) is 0. The van der Waals surface area contributed by atoms with Crippen LogP contribution in [-0.4, -0.2) is 40.1 Å². The van der Waals surface area contributed by atoms with Gasteiger partial charge in [-0.15, -0.1) is 0 Å². The summed E-state index contributed by atoms with van der Waals surface area (Å²) in [4.78, 5) is 13.5. The first-order valence-corrected chi connectivity index (χ1v) is 6.66. The van der Waals surface area contributed by atoms with Crippen LogP contribution in [0.15, 0.2) is 0 Å². The second-order valence-corrected chi connectivity index (χ2v) is 6.16. The number of rotatable bonds is 3. The van der Waals surface area contributed by atoms with Crippen LogP contribution < -0.4 is 5.73 Å². The van der Waals surface area contributed by atoms with E-state index >= 15 is 0 Å². The average Bonchev–Trinajstić information content (AvgIpc) is 2.48. The monoisotopic (exact) mass is 240 g/mol.